The molecule has 2 aliphatic heterocycles. The van der Waals surface area contributed by atoms with Crippen molar-refractivity contribution in [1.82, 2.24) is 19.9 Å². The molecule has 0 atom stereocenters. The van der Waals surface area contributed by atoms with Crippen LogP contribution in [0.25, 0.3) is 57.5 Å². The van der Waals surface area contributed by atoms with E-state index in [0.29, 0.717) is 0 Å². The Balaban J connectivity index is 0.00000216. The molecule has 0 spiro atoms. The monoisotopic (exact) mass is 498 g/mol. The zero-order valence-corrected chi connectivity index (χ0v) is 19.5. The maximum Gasteiger partial charge on any atom is 0.0658 e. The number of nitrogens with one attached hydrogen (secondary N) is 2. The molecule has 2 aliphatic rings. The van der Waals surface area contributed by atoms with Gasteiger partial charge in [-0.05, 0) is 79.3 Å². The topological polar surface area (TPSA) is 57.4 Å². The van der Waals surface area contributed by atoms with Crippen LogP contribution in [0.3, 0.4) is 0 Å². The summed E-state index contributed by atoms with van der Waals surface area (Å²) in [7, 11) is 0. The van der Waals surface area contributed by atoms with Gasteiger partial charge in [-0.2, -0.15) is 0 Å². The molecule has 0 amide bonds. The van der Waals surface area contributed by atoms with Crippen molar-refractivity contribution in [2.45, 2.75) is 6.92 Å². The molecule has 0 aliphatic carbocycles. The summed E-state index contributed by atoms with van der Waals surface area (Å²) in [6, 6.07) is 23.2. The first-order valence-corrected chi connectivity index (χ1v) is 10.3. The Morgan fingerprint density at radius 3 is 1.69 bits per heavy atom. The first-order valence-electron chi connectivity index (χ1n) is 10.3. The molecule has 5 heterocycles. The second kappa shape index (κ2) is 8.21. The first-order chi connectivity index (χ1) is 15.2. The van der Waals surface area contributed by atoms with Gasteiger partial charge in [-0.25, -0.2) is 9.97 Å². The molecule has 0 fully saturated rings. The number of fused-ring (bicyclic) bond motifs is 8. The minimum Gasteiger partial charge on any atom is -0.355 e. The van der Waals surface area contributed by atoms with Gasteiger partial charge in [0.2, 0.25) is 0 Å². The van der Waals surface area contributed by atoms with Crippen molar-refractivity contribution in [1.29, 1.82) is 0 Å². The fourth-order valence-corrected chi connectivity index (χ4v) is 3.99. The predicted octanol–water partition coefficient (Wildman–Crippen LogP) is 6.63. The normalized spacial score (nSPS) is 12.0. The Morgan fingerprint density at radius 2 is 1.09 bits per heavy atom. The van der Waals surface area contributed by atoms with E-state index >= 15 is 0 Å². The summed E-state index contributed by atoms with van der Waals surface area (Å²) in [5, 5.41) is 0. The van der Waals surface area contributed by atoms with Gasteiger partial charge in [0, 0.05) is 48.7 Å². The minimum absolute atomic E-state index is 0. The van der Waals surface area contributed by atoms with Gasteiger partial charge in [0.05, 0.1) is 22.8 Å². The van der Waals surface area contributed by atoms with Crippen molar-refractivity contribution >= 4 is 46.4 Å². The fraction of sp³-hybridized carbons (Fsp3) is 0.0370. The fourth-order valence-electron chi connectivity index (χ4n) is 3.99. The molecule has 154 valence electrons. The molecule has 4 nitrogen and oxygen atoms in total. The number of aromatic amines is 2. The van der Waals surface area contributed by atoms with E-state index in [4.69, 9.17) is 9.97 Å². The van der Waals surface area contributed by atoms with Crippen molar-refractivity contribution in [2.75, 3.05) is 0 Å². The molecule has 5 heteroatoms. The second-order valence-electron chi connectivity index (χ2n) is 7.95. The predicted molar refractivity (Wildman–Crippen MR) is 129 cm³/mol. The van der Waals surface area contributed by atoms with Crippen molar-refractivity contribution in [2.24, 2.45) is 0 Å². The third-order valence-electron chi connectivity index (χ3n) is 5.53. The number of hydrogen-bond acceptors (Lipinski definition) is 2. The Bertz CT molecular complexity index is 1540. The number of aromatic nitrogens is 4. The molecule has 8 bridgehead atoms. The van der Waals surface area contributed by atoms with Crippen LogP contribution in [0.1, 0.15) is 28.3 Å². The van der Waals surface area contributed by atoms with Crippen LogP contribution in [0.4, 0.5) is 0 Å². The van der Waals surface area contributed by atoms with Gasteiger partial charge in [0.1, 0.15) is 0 Å². The quantitative estimate of drug-likeness (QED) is 0.251. The van der Waals surface area contributed by atoms with Crippen LogP contribution < -0.4 is 0 Å². The standard InChI is InChI=1S/C27H20N4.Mo/c1-17-2-4-18(5-3-17)26-15-25-14-23-9-8-21(29-23)12-19-6-7-20(28-19)13-22-10-11-24(30-22)16-27(26)31-25;/h2-16,28,31H,1H3;. The maximum atomic E-state index is 4.78. The molecular formula is C27H20MoN4. The van der Waals surface area contributed by atoms with Gasteiger partial charge in [0.25, 0.3) is 0 Å². The van der Waals surface area contributed by atoms with E-state index in [-0.39, 0.29) is 21.1 Å². The van der Waals surface area contributed by atoms with Gasteiger partial charge in [0.15, 0.2) is 0 Å². The van der Waals surface area contributed by atoms with Gasteiger partial charge in [-0.1, -0.05) is 29.8 Å². The number of aryl methyl sites for hydroxylation is 1. The first kappa shape index (κ1) is 20.4. The number of rotatable bonds is 1. The number of H-pyrrole nitrogens is 2. The van der Waals surface area contributed by atoms with Crippen LogP contribution in [0.15, 0.2) is 66.7 Å². The van der Waals surface area contributed by atoms with E-state index in [1.165, 1.54) is 11.1 Å². The number of hydrogen-bond donors (Lipinski definition) is 2. The van der Waals surface area contributed by atoms with Crippen LogP contribution in [0.5, 0.6) is 0 Å². The van der Waals surface area contributed by atoms with Crippen LogP contribution in [-0.4, -0.2) is 19.9 Å². The summed E-state index contributed by atoms with van der Waals surface area (Å²) in [5.74, 6) is 0. The van der Waals surface area contributed by atoms with Gasteiger partial charge >= 0.3 is 0 Å². The summed E-state index contributed by atoms with van der Waals surface area (Å²) in [5.41, 5.74) is 11.4. The van der Waals surface area contributed by atoms with Gasteiger partial charge in [-0.3, -0.25) is 0 Å². The maximum absolute atomic E-state index is 4.78. The summed E-state index contributed by atoms with van der Waals surface area (Å²) in [4.78, 5) is 16.5. The van der Waals surface area contributed by atoms with Gasteiger partial charge in [-0.15, -0.1) is 0 Å². The van der Waals surface area contributed by atoms with E-state index in [2.05, 4.69) is 83.6 Å². The van der Waals surface area contributed by atoms with E-state index in [9.17, 15) is 0 Å². The number of nitrogens with zero attached hydrogens (tertiary/aromatic N) is 2. The Kier molecular flexibility index (Phi) is 5.24. The molecule has 1 aromatic carbocycles. The summed E-state index contributed by atoms with van der Waals surface area (Å²) in [6.07, 6.45) is 8.17. The smallest absolute Gasteiger partial charge is 0.0658 e. The van der Waals surface area contributed by atoms with Crippen molar-refractivity contribution < 1.29 is 21.1 Å². The Labute approximate surface area is 200 Å². The molecule has 3 aromatic heterocycles. The zero-order valence-electron chi connectivity index (χ0n) is 17.5. The molecular weight excluding hydrogens is 476 g/mol. The average molecular weight is 496 g/mol. The molecule has 32 heavy (non-hydrogen) atoms. The third kappa shape index (κ3) is 4.02. The molecule has 0 saturated heterocycles. The molecule has 0 radical (unpaired) electrons. The second-order valence-corrected chi connectivity index (χ2v) is 7.95. The van der Waals surface area contributed by atoms with Gasteiger partial charge < -0.3 is 9.97 Å². The van der Waals surface area contributed by atoms with Crippen LogP contribution in [0.2, 0.25) is 0 Å². The largest absolute Gasteiger partial charge is 0.355 e. The number of benzene rings is 1. The van der Waals surface area contributed by atoms with E-state index in [0.717, 1.165) is 50.4 Å². The molecule has 4 aromatic rings. The molecule has 0 saturated carbocycles. The van der Waals surface area contributed by atoms with E-state index < -0.39 is 0 Å². The van der Waals surface area contributed by atoms with Crippen LogP contribution in [0, 0.1) is 6.92 Å². The average Bonchev–Trinajstić information content (AvgIpc) is 3.54. The Hall–Kier alpha value is -3.49. The Morgan fingerprint density at radius 1 is 0.562 bits per heavy atom. The zero-order chi connectivity index (χ0) is 20.8. The van der Waals surface area contributed by atoms with Crippen LogP contribution >= 0.6 is 0 Å². The summed E-state index contributed by atoms with van der Waals surface area (Å²) >= 11 is 0. The van der Waals surface area contributed by atoms with E-state index in [1.807, 2.05) is 24.3 Å². The van der Waals surface area contributed by atoms with E-state index in [1.54, 1.807) is 0 Å². The molecule has 2 N–H and O–H groups in total. The minimum atomic E-state index is 0. The third-order valence-corrected chi connectivity index (χ3v) is 5.53. The van der Waals surface area contributed by atoms with Crippen molar-refractivity contribution in [3.8, 4) is 11.1 Å². The van der Waals surface area contributed by atoms with Crippen molar-refractivity contribution in [3.63, 3.8) is 0 Å². The summed E-state index contributed by atoms with van der Waals surface area (Å²) < 4.78 is 0. The van der Waals surface area contributed by atoms with Crippen LogP contribution in [-0.2, 0) is 21.1 Å². The van der Waals surface area contributed by atoms with Crippen molar-refractivity contribution in [3.05, 3.63) is 95.1 Å². The molecule has 0 unspecified atom stereocenters. The summed E-state index contributed by atoms with van der Waals surface area (Å²) in [6.45, 7) is 2.11. The molecule has 6 rings (SSSR count). The SMILES string of the molecule is Cc1ccc(-c2cc3cc4nc(cc5ccc(cc6nc(cc2[nH]3)C=C6)[nH]5)C=C4)cc1.[Mo].